The third kappa shape index (κ3) is 4.03. The molecule has 112 valence electrons. The Morgan fingerprint density at radius 3 is 2.95 bits per heavy atom. The third-order valence-electron chi connectivity index (χ3n) is 2.99. The Labute approximate surface area is 128 Å². The van der Waals surface area contributed by atoms with Gasteiger partial charge in [0, 0.05) is 25.4 Å². The van der Waals surface area contributed by atoms with Crippen LogP contribution in [0, 0.1) is 0 Å². The van der Waals surface area contributed by atoms with Gasteiger partial charge in [-0.05, 0) is 24.6 Å². The van der Waals surface area contributed by atoms with E-state index in [2.05, 4.69) is 4.98 Å². The Balaban J connectivity index is 2.00. The molecule has 1 amide bonds. The number of anilines is 1. The number of rotatable bonds is 6. The molecular formula is C15H19N3O2S. The Morgan fingerprint density at radius 1 is 1.48 bits per heavy atom. The molecule has 0 radical (unpaired) electrons. The lowest BCUT2D eigenvalue weighted by molar-refractivity contribution is -0.116. The highest BCUT2D eigenvalue weighted by Gasteiger charge is 2.13. The number of benzene rings is 1. The van der Waals surface area contributed by atoms with Crippen LogP contribution >= 0.6 is 11.3 Å². The average Bonchev–Trinajstić information content (AvgIpc) is 2.94. The zero-order valence-corrected chi connectivity index (χ0v) is 13.0. The molecule has 0 spiro atoms. The van der Waals surface area contributed by atoms with Gasteiger partial charge in [0.25, 0.3) is 0 Å². The van der Waals surface area contributed by atoms with Gasteiger partial charge in [-0.1, -0.05) is 12.1 Å². The van der Waals surface area contributed by atoms with Crippen LogP contribution in [0.5, 0.6) is 5.75 Å². The molecule has 2 N–H and O–H groups in total. The van der Waals surface area contributed by atoms with E-state index in [4.69, 9.17) is 10.5 Å². The van der Waals surface area contributed by atoms with Crippen LogP contribution in [0.15, 0.2) is 29.6 Å². The van der Waals surface area contributed by atoms with Gasteiger partial charge in [0.2, 0.25) is 5.91 Å². The maximum Gasteiger partial charge on any atom is 0.225 e. The van der Waals surface area contributed by atoms with Crippen molar-refractivity contribution in [1.82, 2.24) is 4.98 Å². The molecule has 2 aromatic rings. The number of thiazole rings is 1. The predicted molar refractivity (Wildman–Crippen MR) is 84.5 cm³/mol. The lowest BCUT2D eigenvalue weighted by Gasteiger charge is -2.14. The van der Waals surface area contributed by atoms with E-state index in [1.807, 2.05) is 36.6 Å². The van der Waals surface area contributed by atoms with E-state index in [-0.39, 0.29) is 5.91 Å². The minimum atomic E-state index is -0.00466. The Bertz CT molecular complexity index is 612. The normalized spacial score (nSPS) is 10.4. The maximum atomic E-state index is 11.5. The highest BCUT2D eigenvalue weighted by Crippen LogP contribution is 2.22. The summed E-state index contributed by atoms with van der Waals surface area (Å²) in [5, 5.41) is 2.62. The number of hydrogen-bond acceptors (Lipinski definition) is 5. The lowest BCUT2D eigenvalue weighted by atomic mass is 10.2. The molecule has 0 aliphatic carbocycles. The molecule has 2 rings (SSSR count). The molecule has 0 aliphatic heterocycles. The number of amides is 1. The summed E-state index contributed by atoms with van der Waals surface area (Å²) in [6, 6.07) is 7.68. The van der Waals surface area contributed by atoms with Crippen molar-refractivity contribution >= 4 is 22.4 Å². The smallest absolute Gasteiger partial charge is 0.225 e. The topological polar surface area (TPSA) is 68.5 Å². The van der Waals surface area contributed by atoms with E-state index in [1.54, 1.807) is 11.8 Å². The van der Waals surface area contributed by atoms with Gasteiger partial charge in [-0.15, -0.1) is 11.3 Å². The predicted octanol–water partition coefficient (Wildman–Crippen LogP) is 2.55. The van der Waals surface area contributed by atoms with Gasteiger partial charge in [0.05, 0.1) is 5.69 Å². The van der Waals surface area contributed by atoms with Gasteiger partial charge in [-0.2, -0.15) is 0 Å². The van der Waals surface area contributed by atoms with Crippen LogP contribution < -0.4 is 15.4 Å². The van der Waals surface area contributed by atoms with E-state index in [1.165, 1.54) is 11.3 Å². The van der Waals surface area contributed by atoms with E-state index in [0.717, 1.165) is 17.0 Å². The Morgan fingerprint density at radius 2 is 2.29 bits per heavy atom. The van der Waals surface area contributed by atoms with Crippen LogP contribution in [-0.2, 0) is 17.9 Å². The van der Waals surface area contributed by atoms with Gasteiger partial charge in [0.1, 0.15) is 12.4 Å². The lowest BCUT2D eigenvalue weighted by Crippen LogP contribution is -2.27. The van der Waals surface area contributed by atoms with Crippen molar-refractivity contribution in [3.63, 3.8) is 0 Å². The second-order valence-corrected chi connectivity index (χ2v) is 5.36. The number of carbonyl (C=O) groups is 1. The molecule has 0 fully saturated rings. The van der Waals surface area contributed by atoms with Crippen LogP contribution in [-0.4, -0.2) is 17.4 Å². The molecule has 1 aromatic heterocycles. The first-order chi connectivity index (χ1) is 10.1. The fourth-order valence-corrected chi connectivity index (χ4v) is 2.82. The summed E-state index contributed by atoms with van der Waals surface area (Å²) in [6.45, 7) is 4.94. The van der Waals surface area contributed by atoms with Crippen molar-refractivity contribution < 1.29 is 9.53 Å². The standard InChI is InChI=1S/C15H19N3O2S/c1-3-18(11(2)19)15-17-13(10-21-15)9-20-14-6-4-5-12(7-14)8-16/h4-7,10H,3,8-9,16H2,1-2H3. The molecule has 1 heterocycles. The average molecular weight is 305 g/mol. The van der Waals surface area contributed by atoms with Gasteiger partial charge in [-0.3, -0.25) is 9.69 Å². The molecule has 6 heteroatoms. The van der Waals surface area contributed by atoms with Crippen molar-refractivity contribution in [3.8, 4) is 5.75 Å². The van der Waals surface area contributed by atoms with Crippen molar-refractivity contribution in [3.05, 3.63) is 40.9 Å². The van der Waals surface area contributed by atoms with Crippen LogP contribution in [0.1, 0.15) is 25.1 Å². The Kier molecular flexibility index (Phi) is 5.30. The number of aromatic nitrogens is 1. The second-order valence-electron chi connectivity index (χ2n) is 4.52. The summed E-state index contributed by atoms with van der Waals surface area (Å²) >= 11 is 1.45. The van der Waals surface area contributed by atoms with E-state index in [0.29, 0.717) is 24.8 Å². The first-order valence-electron chi connectivity index (χ1n) is 6.78. The van der Waals surface area contributed by atoms with Crippen LogP contribution in [0.2, 0.25) is 0 Å². The first kappa shape index (κ1) is 15.5. The van der Waals surface area contributed by atoms with Crippen LogP contribution in [0.25, 0.3) is 0 Å². The maximum absolute atomic E-state index is 11.5. The number of ether oxygens (including phenoxy) is 1. The zero-order chi connectivity index (χ0) is 15.2. The quantitative estimate of drug-likeness (QED) is 0.890. The summed E-state index contributed by atoms with van der Waals surface area (Å²) in [5.41, 5.74) is 7.44. The zero-order valence-electron chi connectivity index (χ0n) is 12.2. The summed E-state index contributed by atoms with van der Waals surface area (Å²) < 4.78 is 5.71. The van der Waals surface area contributed by atoms with Crippen molar-refractivity contribution in [2.24, 2.45) is 5.73 Å². The van der Waals surface area contributed by atoms with Crippen molar-refractivity contribution in [2.45, 2.75) is 27.0 Å². The van der Waals surface area contributed by atoms with Crippen LogP contribution in [0.4, 0.5) is 5.13 Å². The minimum absolute atomic E-state index is 0.00466. The Hall–Kier alpha value is -1.92. The molecule has 0 saturated carbocycles. The molecule has 1 aromatic carbocycles. The largest absolute Gasteiger partial charge is 0.487 e. The number of carbonyl (C=O) groups excluding carboxylic acids is 1. The second kappa shape index (κ2) is 7.19. The molecule has 21 heavy (non-hydrogen) atoms. The molecule has 0 atom stereocenters. The van der Waals surface area contributed by atoms with E-state index in [9.17, 15) is 4.79 Å². The minimum Gasteiger partial charge on any atom is -0.487 e. The highest BCUT2D eigenvalue weighted by molar-refractivity contribution is 7.14. The number of nitrogens with zero attached hydrogens (tertiary/aromatic N) is 2. The van der Waals surface area contributed by atoms with E-state index >= 15 is 0 Å². The molecule has 0 aliphatic rings. The molecule has 0 bridgehead atoms. The van der Waals surface area contributed by atoms with Crippen LogP contribution in [0.3, 0.4) is 0 Å². The molecule has 0 unspecified atom stereocenters. The summed E-state index contributed by atoms with van der Waals surface area (Å²) in [4.78, 5) is 17.6. The summed E-state index contributed by atoms with van der Waals surface area (Å²) in [6.07, 6.45) is 0. The molecule has 0 saturated heterocycles. The number of hydrogen-bond donors (Lipinski definition) is 1. The van der Waals surface area contributed by atoms with Gasteiger partial charge in [0.15, 0.2) is 5.13 Å². The van der Waals surface area contributed by atoms with Crippen molar-refractivity contribution in [2.75, 3.05) is 11.4 Å². The summed E-state index contributed by atoms with van der Waals surface area (Å²) in [7, 11) is 0. The monoisotopic (exact) mass is 305 g/mol. The van der Waals surface area contributed by atoms with Crippen molar-refractivity contribution in [1.29, 1.82) is 0 Å². The van der Waals surface area contributed by atoms with Gasteiger partial charge in [-0.25, -0.2) is 4.98 Å². The molecular weight excluding hydrogens is 286 g/mol. The fraction of sp³-hybridized carbons (Fsp3) is 0.333. The SMILES string of the molecule is CCN(C(C)=O)c1nc(COc2cccc(CN)c2)cs1. The fourth-order valence-electron chi connectivity index (χ4n) is 1.90. The van der Waals surface area contributed by atoms with E-state index < -0.39 is 0 Å². The van der Waals surface area contributed by atoms with Gasteiger partial charge >= 0.3 is 0 Å². The number of nitrogens with two attached hydrogens (primary N) is 1. The van der Waals surface area contributed by atoms with Gasteiger partial charge < -0.3 is 10.5 Å². The first-order valence-corrected chi connectivity index (χ1v) is 7.66. The summed E-state index contributed by atoms with van der Waals surface area (Å²) in [5.74, 6) is 0.765. The highest BCUT2D eigenvalue weighted by atomic mass is 32.1. The molecule has 5 nitrogen and oxygen atoms in total. The third-order valence-corrected chi connectivity index (χ3v) is 3.90.